The van der Waals surface area contributed by atoms with Gasteiger partial charge in [-0.15, -0.1) is 0 Å². The lowest BCUT2D eigenvalue weighted by Crippen LogP contribution is -2.28. The van der Waals surface area contributed by atoms with Crippen molar-refractivity contribution in [1.82, 2.24) is 4.98 Å². The van der Waals surface area contributed by atoms with E-state index < -0.39 is 12.1 Å². The molecule has 0 spiro atoms. The summed E-state index contributed by atoms with van der Waals surface area (Å²) < 4.78 is 17.4. The summed E-state index contributed by atoms with van der Waals surface area (Å²) in [5, 5.41) is 9.77. The number of carboxylic acids is 1. The molecule has 1 aromatic heterocycles. The fraction of sp³-hybridized carbons (Fsp3) is 0.259. The van der Waals surface area contributed by atoms with E-state index in [-0.39, 0.29) is 0 Å². The van der Waals surface area contributed by atoms with Crippen molar-refractivity contribution in [3.8, 4) is 11.5 Å². The van der Waals surface area contributed by atoms with Crippen LogP contribution in [0.3, 0.4) is 0 Å². The predicted octanol–water partition coefficient (Wildman–Crippen LogP) is 5.85. The summed E-state index contributed by atoms with van der Waals surface area (Å²) in [5.41, 5.74) is 2.57. The molecule has 182 valence electrons. The van der Waals surface area contributed by atoms with Crippen molar-refractivity contribution in [3.63, 3.8) is 0 Å². The van der Waals surface area contributed by atoms with Crippen LogP contribution in [0.2, 0.25) is 5.02 Å². The molecule has 4 rings (SSSR count). The van der Waals surface area contributed by atoms with Crippen molar-refractivity contribution in [3.05, 3.63) is 83.4 Å². The molecule has 8 heteroatoms. The number of ether oxygens (including phenoxy) is 2. The van der Waals surface area contributed by atoms with E-state index in [4.69, 9.17) is 30.6 Å². The number of oxazole rings is 1. The largest absolute Gasteiger partial charge is 0.494 e. The number of halogens is 1. The molecule has 1 N–H and O–H groups in total. The second-order valence-corrected chi connectivity index (χ2v) is 8.54. The van der Waals surface area contributed by atoms with Gasteiger partial charge in [0, 0.05) is 18.1 Å². The average molecular weight is 495 g/mol. The van der Waals surface area contributed by atoms with Gasteiger partial charge in [-0.1, -0.05) is 35.9 Å². The molecule has 0 aliphatic carbocycles. The van der Waals surface area contributed by atoms with Gasteiger partial charge in [-0.2, -0.15) is 4.98 Å². The fourth-order valence-corrected chi connectivity index (χ4v) is 3.69. The van der Waals surface area contributed by atoms with Crippen molar-refractivity contribution in [2.75, 3.05) is 24.6 Å². The number of carbonyl (C=O) groups is 1. The molecule has 0 aliphatic heterocycles. The molecule has 0 bridgehead atoms. The molecule has 0 radical (unpaired) electrons. The number of benzene rings is 3. The summed E-state index contributed by atoms with van der Waals surface area (Å²) in [6.07, 6.45) is 0.554. The number of hydrogen-bond donors (Lipinski definition) is 1. The molecule has 4 aromatic rings. The third kappa shape index (κ3) is 6.90. The Morgan fingerprint density at radius 3 is 2.63 bits per heavy atom. The number of para-hydroxylation sites is 2. The predicted molar refractivity (Wildman–Crippen MR) is 136 cm³/mol. The molecular weight excluding hydrogens is 468 g/mol. The van der Waals surface area contributed by atoms with Gasteiger partial charge in [-0.3, -0.25) is 0 Å². The zero-order valence-electron chi connectivity index (χ0n) is 19.4. The summed E-state index contributed by atoms with van der Waals surface area (Å²) in [4.78, 5) is 17.9. The van der Waals surface area contributed by atoms with E-state index in [1.165, 1.54) is 6.92 Å². The summed E-state index contributed by atoms with van der Waals surface area (Å²) in [6.45, 7) is 3.39. The smallest absolute Gasteiger partial charge is 0.344 e. The van der Waals surface area contributed by atoms with Crippen molar-refractivity contribution >= 4 is 34.7 Å². The van der Waals surface area contributed by atoms with E-state index in [1.54, 1.807) is 18.2 Å². The van der Waals surface area contributed by atoms with E-state index in [9.17, 15) is 4.79 Å². The zero-order chi connectivity index (χ0) is 24.6. The highest BCUT2D eigenvalue weighted by molar-refractivity contribution is 6.30. The summed E-state index contributed by atoms with van der Waals surface area (Å²) in [6, 6.07) is 23.0. The Morgan fingerprint density at radius 1 is 1.06 bits per heavy atom. The van der Waals surface area contributed by atoms with Gasteiger partial charge in [-0.05, 0) is 73.9 Å². The number of anilines is 1. The molecular formula is C27H27ClN2O5. The van der Waals surface area contributed by atoms with Crippen molar-refractivity contribution in [2.45, 2.75) is 25.9 Å². The molecule has 7 nitrogen and oxygen atoms in total. The van der Waals surface area contributed by atoms with Gasteiger partial charge in [0.2, 0.25) is 0 Å². The van der Waals surface area contributed by atoms with Gasteiger partial charge in [0.15, 0.2) is 11.7 Å². The molecule has 0 amide bonds. The first-order valence-electron chi connectivity index (χ1n) is 11.5. The molecule has 3 aromatic carbocycles. The molecule has 1 unspecified atom stereocenters. The highest BCUT2D eigenvalue weighted by Gasteiger charge is 2.16. The van der Waals surface area contributed by atoms with Crippen molar-refractivity contribution in [2.24, 2.45) is 0 Å². The lowest BCUT2D eigenvalue weighted by Gasteiger charge is -2.21. The minimum absolute atomic E-state index is 0.530. The Kier molecular flexibility index (Phi) is 8.11. The minimum atomic E-state index is -1.00. The van der Waals surface area contributed by atoms with Crippen LogP contribution >= 0.6 is 11.6 Å². The first kappa shape index (κ1) is 24.4. The van der Waals surface area contributed by atoms with Crippen LogP contribution in [0.5, 0.6) is 11.5 Å². The maximum atomic E-state index is 11.1. The maximum absolute atomic E-state index is 11.1. The van der Waals surface area contributed by atoms with Gasteiger partial charge in [0.05, 0.1) is 6.61 Å². The highest BCUT2D eigenvalue weighted by atomic mass is 35.5. The number of rotatable bonds is 12. The molecule has 35 heavy (non-hydrogen) atoms. The van der Waals surface area contributed by atoms with Gasteiger partial charge < -0.3 is 23.9 Å². The maximum Gasteiger partial charge on any atom is 0.344 e. The summed E-state index contributed by atoms with van der Waals surface area (Å²) in [5.74, 6) is 0.302. The third-order valence-corrected chi connectivity index (χ3v) is 5.69. The zero-order valence-corrected chi connectivity index (χ0v) is 20.1. The highest BCUT2D eigenvalue weighted by Crippen LogP contribution is 2.23. The Hall–Kier alpha value is -3.71. The number of fused-ring (bicyclic) bond motifs is 1. The minimum Gasteiger partial charge on any atom is -0.494 e. The lowest BCUT2D eigenvalue weighted by atomic mass is 10.1. The number of aromatic nitrogens is 1. The fourth-order valence-electron chi connectivity index (χ4n) is 3.57. The number of nitrogens with zero attached hydrogens (tertiary/aromatic N) is 2. The Balaban J connectivity index is 1.41. The lowest BCUT2D eigenvalue weighted by molar-refractivity contribution is -0.144. The van der Waals surface area contributed by atoms with Crippen molar-refractivity contribution < 1.29 is 23.8 Å². The normalized spacial score (nSPS) is 11.8. The first-order valence-corrected chi connectivity index (χ1v) is 11.8. The quantitative estimate of drug-likeness (QED) is 0.247. The number of carboxylic acid groups (broad SMARTS) is 1. The summed E-state index contributed by atoms with van der Waals surface area (Å²) >= 11 is 5.94. The molecule has 0 saturated carbocycles. The van der Waals surface area contributed by atoms with Gasteiger partial charge in [0.1, 0.15) is 17.0 Å². The standard InChI is InChI=1S/C27H27ClN2O5/c1-19(26(31)32)34-23-7-4-6-20(18-23)14-16-30(27-29-24-8-2-3-9-25(24)35-27)15-5-17-33-22-12-10-21(28)11-13-22/h2-4,6-13,18-19H,5,14-17H2,1H3,(H,31,32). The van der Waals surface area contributed by atoms with Crippen LogP contribution in [0.4, 0.5) is 6.01 Å². The molecule has 0 fully saturated rings. The van der Waals surface area contributed by atoms with Crippen LogP contribution in [0.25, 0.3) is 11.1 Å². The first-order chi connectivity index (χ1) is 17.0. The molecule has 0 aliphatic rings. The van der Waals surface area contributed by atoms with Crippen LogP contribution in [-0.2, 0) is 11.2 Å². The molecule has 1 atom stereocenters. The van der Waals surface area contributed by atoms with Crippen LogP contribution < -0.4 is 14.4 Å². The van der Waals surface area contributed by atoms with Crippen LogP contribution in [0.1, 0.15) is 18.9 Å². The van der Waals surface area contributed by atoms with Crippen LogP contribution in [-0.4, -0.2) is 41.9 Å². The Labute approximate surface area is 208 Å². The molecule has 1 heterocycles. The monoisotopic (exact) mass is 494 g/mol. The van der Waals surface area contributed by atoms with Crippen LogP contribution in [0.15, 0.2) is 77.2 Å². The number of aliphatic carboxylic acids is 1. The van der Waals surface area contributed by atoms with Gasteiger partial charge >= 0.3 is 5.97 Å². The van der Waals surface area contributed by atoms with E-state index in [2.05, 4.69) is 9.88 Å². The second-order valence-electron chi connectivity index (χ2n) is 8.10. The SMILES string of the molecule is CC(Oc1cccc(CCN(CCCOc2ccc(Cl)cc2)c2nc3ccccc3o2)c1)C(=O)O. The Morgan fingerprint density at radius 2 is 1.86 bits per heavy atom. The third-order valence-electron chi connectivity index (χ3n) is 5.44. The second kappa shape index (κ2) is 11.6. The number of hydrogen-bond acceptors (Lipinski definition) is 6. The topological polar surface area (TPSA) is 85.0 Å². The van der Waals surface area contributed by atoms with Crippen LogP contribution in [0, 0.1) is 0 Å². The van der Waals surface area contributed by atoms with E-state index in [0.29, 0.717) is 42.9 Å². The van der Waals surface area contributed by atoms with Crippen molar-refractivity contribution in [1.29, 1.82) is 0 Å². The van der Waals surface area contributed by atoms with E-state index >= 15 is 0 Å². The van der Waals surface area contributed by atoms with E-state index in [1.807, 2.05) is 54.6 Å². The Bertz CT molecular complexity index is 1220. The summed E-state index contributed by atoms with van der Waals surface area (Å²) in [7, 11) is 0. The van der Waals surface area contributed by atoms with Gasteiger partial charge in [0.25, 0.3) is 6.01 Å². The average Bonchev–Trinajstić information content (AvgIpc) is 3.29. The van der Waals surface area contributed by atoms with Gasteiger partial charge in [-0.25, -0.2) is 4.79 Å². The molecule has 0 saturated heterocycles. The van der Waals surface area contributed by atoms with E-state index in [0.717, 1.165) is 28.8 Å².